The van der Waals surface area contributed by atoms with Gasteiger partial charge in [-0.15, -0.1) is 0 Å². The number of halogens is 1. The number of hydrogen-bond donors (Lipinski definition) is 1. The molecule has 4 heteroatoms. The molecule has 1 amide bonds. The number of benzene rings is 1. The van der Waals surface area contributed by atoms with E-state index >= 15 is 0 Å². The number of carbonyl (C=O) groups is 1. The molecule has 0 aromatic heterocycles. The Morgan fingerprint density at radius 1 is 1.32 bits per heavy atom. The van der Waals surface area contributed by atoms with Crippen molar-refractivity contribution >= 4 is 11.6 Å². The van der Waals surface area contributed by atoms with Crippen LogP contribution in [0.4, 0.5) is 10.1 Å². The maximum atomic E-state index is 12.7. The lowest BCUT2D eigenvalue weighted by atomic mass is 9.92. The lowest BCUT2D eigenvalue weighted by Crippen LogP contribution is -2.30. The summed E-state index contributed by atoms with van der Waals surface area (Å²) in [5, 5.41) is 2.80. The molecule has 1 fully saturated rings. The van der Waals surface area contributed by atoms with Gasteiger partial charge in [0.2, 0.25) is 5.91 Å². The molecule has 0 saturated carbocycles. The Morgan fingerprint density at radius 2 is 1.95 bits per heavy atom. The molecule has 3 nitrogen and oxygen atoms in total. The summed E-state index contributed by atoms with van der Waals surface area (Å²) in [5.41, 5.74) is 0.662. The first-order valence-corrected chi connectivity index (χ1v) is 6.87. The highest BCUT2D eigenvalue weighted by molar-refractivity contribution is 5.90. The minimum Gasteiger partial charge on any atom is -0.326 e. The van der Waals surface area contributed by atoms with Crippen LogP contribution in [0.3, 0.4) is 0 Å². The van der Waals surface area contributed by atoms with Gasteiger partial charge in [-0.2, -0.15) is 0 Å². The molecule has 1 aliphatic heterocycles. The van der Waals surface area contributed by atoms with Crippen molar-refractivity contribution in [3.63, 3.8) is 0 Å². The van der Waals surface area contributed by atoms with E-state index in [1.54, 1.807) is 12.1 Å². The first-order valence-electron chi connectivity index (χ1n) is 6.87. The summed E-state index contributed by atoms with van der Waals surface area (Å²) < 4.78 is 12.7. The number of carbonyl (C=O) groups excluding carboxylic acids is 1. The highest BCUT2D eigenvalue weighted by Gasteiger charge is 2.17. The van der Waals surface area contributed by atoms with Gasteiger partial charge in [-0.05, 0) is 69.6 Å². The molecule has 0 aliphatic carbocycles. The van der Waals surface area contributed by atoms with E-state index in [9.17, 15) is 9.18 Å². The average molecular weight is 264 g/mol. The molecule has 104 valence electrons. The Hall–Kier alpha value is -1.42. The van der Waals surface area contributed by atoms with E-state index in [4.69, 9.17) is 0 Å². The van der Waals surface area contributed by atoms with Gasteiger partial charge in [0.05, 0.1) is 0 Å². The van der Waals surface area contributed by atoms with Crippen LogP contribution in [-0.4, -0.2) is 30.9 Å². The molecule has 19 heavy (non-hydrogen) atoms. The topological polar surface area (TPSA) is 32.3 Å². The quantitative estimate of drug-likeness (QED) is 0.907. The van der Waals surface area contributed by atoms with Gasteiger partial charge in [-0.1, -0.05) is 0 Å². The SMILES string of the molecule is CN1CCC(CCC(=O)Nc2ccc(F)cc2)CC1. The summed E-state index contributed by atoms with van der Waals surface area (Å²) in [7, 11) is 2.14. The fourth-order valence-corrected chi connectivity index (χ4v) is 2.44. The Kier molecular flexibility index (Phi) is 4.91. The molecule has 0 atom stereocenters. The second-order valence-corrected chi connectivity index (χ2v) is 5.34. The second kappa shape index (κ2) is 6.66. The first-order chi connectivity index (χ1) is 9.13. The number of amides is 1. The van der Waals surface area contributed by atoms with Crippen LogP contribution < -0.4 is 5.32 Å². The van der Waals surface area contributed by atoms with Crippen LogP contribution in [0.5, 0.6) is 0 Å². The molecule has 1 aromatic carbocycles. The largest absolute Gasteiger partial charge is 0.326 e. The van der Waals surface area contributed by atoms with E-state index in [2.05, 4.69) is 17.3 Å². The molecular weight excluding hydrogens is 243 g/mol. The average Bonchev–Trinajstić information content (AvgIpc) is 2.41. The number of nitrogens with one attached hydrogen (secondary N) is 1. The van der Waals surface area contributed by atoms with Crippen molar-refractivity contribution in [2.24, 2.45) is 5.92 Å². The minimum atomic E-state index is -0.288. The Morgan fingerprint density at radius 3 is 2.58 bits per heavy atom. The van der Waals surface area contributed by atoms with Gasteiger partial charge < -0.3 is 10.2 Å². The van der Waals surface area contributed by atoms with E-state index in [0.717, 1.165) is 19.5 Å². The van der Waals surface area contributed by atoms with Crippen LogP contribution in [-0.2, 0) is 4.79 Å². The summed E-state index contributed by atoms with van der Waals surface area (Å²) in [6, 6.07) is 5.88. The molecule has 2 rings (SSSR count). The first kappa shape index (κ1) is 14.0. The lowest BCUT2D eigenvalue weighted by Gasteiger charge is -2.28. The van der Waals surface area contributed by atoms with Crippen molar-refractivity contribution in [3.05, 3.63) is 30.1 Å². The van der Waals surface area contributed by atoms with E-state index in [1.807, 2.05) is 0 Å². The van der Waals surface area contributed by atoms with Crippen LogP contribution in [0.2, 0.25) is 0 Å². The molecule has 1 aromatic rings. The Labute approximate surface area is 113 Å². The van der Waals surface area contributed by atoms with Crippen LogP contribution >= 0.6 is 0 Å². The molecule has 0 bridgehead atoms. The summed E-state index contributed by atoms with van der Waals surface area (Å²) >= 11 is 0. The second-order valence-electron chi connectivity index (χ2n) is 5.34. The van der Waals surface area contributed by atoms with Crippen molar-refractivity contribution in [1.29, 1.82) is 0 Å². The molecule has 1 saturated heterocycles. The number of likely N-dealkylation sites (tertiary alicyclic amines) is 1. The summed E-state index contributed by atoms with van der Waals surface area (Å²) in [6.45, 7) is 2.26. The lowest BCUT2D eigenvalue weighted by molar-refractivity contribution is -0.116. The summed E-state index contributed by atoms with van der Waals surface area (Å²) in [4.78, 5) is 14.1. The van der Waals surface area contributed by atoms with Gasteiger partial charge in [0, 0.05) is 12.1 Å². The number of rotatable bonds is 4. The van der Waals surface area contributed by atoms with Crippen molar-refractivity contribution in [1.82, 2.24) is 4.90 Å². The zero-order valence-electron chi connectivity index (χ0n) is 11.4. The minimum absolute atomic E-state index is 0.0190. The van der Waals surface area contributed by atoms with E-state index < -0.39 is 0 Å². The third-order valence-corrected chi connectivity index (χ3v) is 3.75. The molecule has 0 unspecified atom stereocenters. The highest BCUT2D eigenvalue weighted by atomic mass is 19.1. The van der Waals surface area contributed by atoms with Crippen LogP contribution in [0.15, 0.2) is 24.3 Å². The number of hydrogen-bond acceptors (Lipinski definition) is 2. The number of nitrogens with zero attached hydrogens (tertiary/aromatic N) is 1. The Bertz CT molecular complexity index is 411. The van der Waals surface area contributed by atoms with Gasteiger partial charge in [-0.25, -0.2) is 4.39 Å². The predicted octanol–water partition coefficient (Wildman–Crippen LogP) is 2.89. The van der Waals surface area contributed by atoms with E-state index in [1.165, 1.54) is 25.0 Å². The molecule has 1 heterocycles. The summed E-state index contributed by atoms with van der Waals surface area (Å²) in [5.74, 6) is 0.394. The van der Waals surface area contributed by atoms with E-state index in [-0.39, 0.29) is 11.7 Å². The zero-order chi connectivity index (χ0) is 13.7. The van der Waals surface area contributed by atoms with Gasteiger partial charge in [0.15, 0.2) is 0 Å². The molecule has 1 N–H and O–H groups in total. The van der Waals surface area contributed by atoms with Gasteiger partial charge in [-0.3, -0.25) is 4.79 Å². The monoisotopic (exact) mass is 264 g/mol. The molecule has 0 spiro atoms. The predicted molar refractivity (Wildman–Crippen MR) is 74.5 cm³/mol. The zero-order valence-corrected chi connectivity index (χ0v) is 11.4. The summed E-state index contributed by atoms with van der Waals surface area (Å²) in [6.07, 6.45) is 3.85. The van der Waals surface area contributed by atoms with Crippen molar-refractivity contribution in [2.75, 3.05) is 25.5 Å². The standard InChI is InChI=1S/C15H21FN2O/c1-18-10-8-12(9-11-18)2-7-15(19)17-14-5-3-13(16)4-6-14/h3-6,12H,2,7-11H2,1H3,(H,17,19). The molecule has 0 radical (unpaired) electrons. The maximum Gasteiger partial charge on any atom is 0.224 e. The van der Waals surface area contributed by atoms with E-state index in [0.29, 0.717) is 18.0 Å². The third-order valence-electron chi connectivity index (χ3n) is 3.75. The fourth-order valence-electron chi connectivity index (χ4n) is 2.44. The molecule has 1 aliphatic rings. The van der Waals surface area contributed by atoms with Crippen molar-refractivity contribution in [2.45, 2.75) is 25.7 Å². The number of piperidine rings is 1. The van der Waals surface area contributed by atoms with Crippen molar-refractivity contribution < 1.29 is 9.18 Å². The van der Waals surface area contributed by atoms with Gasteiger partial charge in [0.25, 0.3) is 0 Å². The van der Waals surface area contributed by atoms with Gasteiger partial charge >= 0.3 is 0 Å². The maximum absolute atomic E-state index is 12.7. The highest BCUT2D eigenvalue weighted by Crippen LogP contribution is 2.21. The molecular formula is C15H21FN2O. The van der Waals surface area contributed by atoms with Gasteiger partial charge in [0.1, 0.15) is 5.82 Å². The van der Waals surface area contributed by atoms with Crippen molar-refractivity contribution in [3.8, 4) is 0 Å². The number of anilines is 1. The van der Waals surface area contributed by atoms with Crippen LogP contribution in [0.1, 0.15) is 25.7 Å². The third kappa shape index (κ3) is 4.63. The smallest absolute Gasteiger partial charge is 0.224 e. The Balaban J connectivity index is 1.71. The van der Waals surface area contributed by atoms with Crippen LogP contribution in [0, 0.1) is 11.7 Å². The van der Waals surface area contributed by atoms with Crippen LogP contribution in [0.25, 0.3) is 0 Å². The normalized spacial score (nSPS) is 17.4. The fraction of sp³-hybridized carbons (Fsp3) is 0.533.